The van der Waals surface area contributed by atoms with Crippen LogP contribution in [0.4, 0.5) is 0 Å². The van der Waals surface area contributed by atoms with Crippen molar-refractivity contribution in [1.29, 1.82) is 0 Å². The molecule has 0 saturated carbocycles. The molecule has 0 bridgehead atoms. The molecule has 0 fully saturated rings. The van der Waals surface area contributed by atoms with Crippen LogP contribution in [0.2, 0.25) is 0 Å². The average Bonchev–Trinajstić information content (AvgIpc) is 2.74. The molecule has 0 radical (unpaired) electrons. The third kappa shape index (κ3) is 6.75. The molecule has 2 aromatic heterocycles. The Labute approximate surface area is 183 Å². The molecule has 28 heavy (non-hydrogen) atoms. The van der Waals surface area contributed by atoms with Crippen LogP contribution < -0.4 is 4.74 Å². The average molecular weight is 579 g/mol. The second-order valence-corrected chi connectivity index (χ2v) is 5.64. The number of carboxylic acid groups (broad SMARTS) is 1. The van der Waals surface area contributed by atoms with Crippen LogP contribution in [0, 0.1) is 6.07 Å². The number of thiol groups is 1. The molecule has 1 aromatic carbocycles. The Balaban J connectivity index is 0.000000332. The number of rotatable bonds is 5. The third-order valence-electron chi connectivity index (χ3n) is 3.55. The number of hydrogen-bond acceptors (Lipinski definition) is 6. The van der Waals surface area contributed by atoms with Crippen LogP contribution in [-0.2, 0) is 33.4 Å². The molecule has 2 heterocycles. The van der Waals surface area contributed by atoms with Crippen molar-refractivity contribution in [3.05, 3.63) is 77.7 Å². The number of ether oxygens (including phenoxy) is 1. The minimum atomic E-state index is -0.990. The zero-order chi connectivity index (χ0) is 19.6. The first-order chi connectivity index (χ1) is 13.1. The van der Waals surface area contributed by atoms with E-state index >= 15 is 0 Å². The maximum absolute atomic E-state index is 10.1. The summed E-state index contributed by atoms with van der Waals surface area (Å²) in [6.07, 6.45) is 3.18. The van der Waals surface area contributed by atoms with Crippen LogP contribution in [0.15, 0.2) is 54.9 Å². The fraction of sp³-hybridized carbons (Fsp3) is 0.150. The van der Waals surface area contributed by atoms with Crippen molar-refractivity contribution in [1.82, 2.24) is 9.97 Å². The van der Waals surface area contributed by atoms with Crippen LogP contribution in [0.3, 0.4) is 0 Å². The summed E-state index contributed by atoms with van der Waals surface area (Å²) in [5, 5.41) is 17.7. The fourth-order valence-electron chi connectivity index (χ4n) is 2.20. The number of aromatic nitrogens is 2. The number of aliphatic hydroxyl groups is 1. The monoisotopic (exact) mass is 578 g/mol. The van der Waals surface area contributed by atoms with Gasteiger partial charge in [-0.15, -0.1) is 17.7 Å². The predicted molar refractivity (Wildman–Crippen MR) is 105 cm³/mol. The molecule has 0 atom stereocenters. The van der Waals surface area contributed by atoms with Gasteiger partial charge in [-0.1, -0.05) is 23.8 Å². The normalized spacial score (nSPS) is 9.54. The molecular formula is C20H19N2O4PtS-. The van der Waals surface area contributed by atoms with E-state index in [1.165, 1.54) is 12.3 Å². The fourth-order valence-corrected chi connectivity index (χ4v) is 2.40. The van der Waals surface area contributed by atoms with E-state index in [1.54, 1.807) is 37.6 Å². The molecule has 3 aromatic rings. The van der Waals surface area contributed by atoms with Crippen LogP contribution in [-0.4, -0.2) is 33.3 Å². The molecule has 0 saturated heterocycles. The molecule has 6 nitrogen and oxygen atoms in total. The Morgan fingerprint density at radius 3 is 2.54 bits per heavy atom. The second kappa shape index (κ2) is 12.3. The summed E-state index contributed by atoms with van der Waals surface area (Å²) in [5.41, 5.74) is 3.49. The minimum Gasteiger partial charge on any atom is -0.540 e. The van der Waals surface area contributed by atoms with Crippen molar-refractivity contribution in [2.75, 3.05) is 7.11 Å². The molecule has 2 N–H and O–H groups in total. The van der Waals surface area contributed by atoms with Gasteiger partial charge in [-0.2, -0.15) is 12.6 Å². The van der Waals surface area contributed by atoms with Gasteiger partial charge in [0.15, 0.2) is 0 Å². The summed E-state index contributed by atoms with van der Waals surface area (Å²) in [6, 6.07) is 15.3. The number of benzene rings is 1. The molecule has 8 heteroatoms. The molecule has 0 spiro atoms. The van der Waals surface area contributed by atoms with Gasteiger partial charge in [0.05, 0.1) is 7.11 Å². The van der Waals surface area contributed by atoms with Gasteiger partial charge in [0.2, 0.25) is 0 Å². The van der Waals surface area contributed by atoms with Crippen molar-refractivity contribution in [2.24, 2.45) is 0 Å². The number of methoxy groups -OCH3 is 1. The van der Waals surface area contributed by atoms with E-state index < -0.39 is 5.97 Å². The van der Waals surface area contributed by atoms with Gasteiger partial charge < -0.3 is 19.9 Å². The Bertz CT molecular complexity index is 894. The van der Waals surface area contributed by atoms with Crippen molar-refractivity contribution in [2.45, 2.75) is 12.4 Å². The summed E-state index contributed by atoms with van der Waals surface area (Å²) >= 11 is 4.24. The van der Waals surface area contributed by atoms with Crippen LogP contribution >= 0.6 is 12.6 Å². The van der Waals surface area contributed by atoms with E-state index in [9.17, 15) is 9.90 Å². The quantitative estimate of drug-likeness (QED) is 0.318. The van der Waals surface area contributed by atoms with Crippen molar-refractivity contribution >= 4 is 18.6 Å². The summed E-state index contributed by atoms with van der Waals surface area (Å²) in [6.45, 7) is -0.0736. The molecule has 0 aliphatic heterocycles. The van der Waals surface area contributed by atoms with Crippen LogP contribution in [0.5, 0.6) is 5.75 Å². The number of pyridine rings is 2. The Kier molecular flexibility index (Phi) is 10.5. The van der Waals surface area contributed by atoms with E-state index in [4.69, 9.17) is 9.84 Å². The largest absolute Gasteiger partial charge is 0.540 e. The first kappa shape index (κ1) is 23.8. The van der Waals surface area contributed by atoms with E-state index in [2.05, 4.69) is 28.7 Å². The number of aromatic carboxylic acids is 1. The number of carboxylic acids is 1. The summed E-state index contributed by atoms with van der Waals surface area (Å²) in [5.74, 6) is 0.337. The minimum absolute atomic E-state index is 0. The molecular weight excluding hydrogens is 559 g/mol. The Morgan fingerprint density at radius 1 is 1.21 bits per heavy atom. The zero-order valence-corrected chi connectivity index (χ0v) is 18.1. The van der Waals surface area contributed by atoms with E-state index in [0.717, 1.165) is 22.4 Å². The van der Waals surface area contributed by atoms with Crippen molar-refractivity contribution < 1.29 is 40.8 Å². The molecule has 3 rings (SSSR count). The Morgan fingerprint density at radius 2 is 2.00 bits per heavy atom. The van der Waals surface area contributed by atoms with Gasteiger partial charge in [0.25, 0.3) is 0 Å². The molecule has 0 aliphatic carbocycles. The summed E-state index contributed by atoms with van der Waals surface area (Å²) in [7, 11) is 1.59. The second-order valence-electron chi connectivity index (χ2n) is 5.33. The van der Waals surface area contributed by atoms with E-state index in [-0.39, 0.29) is 33.4 Å². The third-order valence-corrected chi connectivity index (χ3v) is 3.91. The first-order valence-corrected chi connectivity index (χ1v) is 8.62. The summed E-state index contributed by atoms with van der Waals surface area (Å²) < 4.78 is 5.12. The standard InChI is InChI=1S/C14H14NO2S.C6H5NO2.Pt/c1-17-12-2-3-13(11(7-12)8-16)14-6-10(9-18)4-5-15-14;8-6(9)5-3-1-2-4-7-5;/h2,4-7,16,18H,8-9H2,1H3;1-4H,(H,8,9);/q-1;;. The number of hydrogen-bond donors (Lipinski definition) is 3. The first-order valence-electron chi connectivity index (χ1n) is 7.99. The van der Waals surface area contributed by atoms with Crippen molar-refractivity contribution in [3.8, 4) is 17.0 Å². The van der Waals surface area contributed by atoms with Crippen LogP contribution in [0.1, 0.15) is 21.6 Å². The van der Waals surface area contributed by atoms with Gasteiger partial charge >= 0.3 is 5.97 Å². The summed E-state index contributed by atoms with van der Waals surface area (Å²) in [4.78, 5) is 18.0. The molecule has 150 valence electrons. The molecule has 0 amide bonds. The maximum atomic E-state index is 10.1. The van der Waals surface area contributed by atoms with Gasteiger partial charge in [-0.05, 0) is 29.5 Å². The van der Waals surface area contributed by atoms with Gasteiger partial charge in [-0.3, -0.25) is 0 Å². The maximum Gasteiger partial charge on any atom is 0.354 e. The van der Waals surface area contributed by atoms with Gasteiger partial charge in [0, 0.05) is 51.6 Å². The van der Waals surface area contributed by atoms with Crippen LogP contribution in [0.25, 0.3) is 11.3 Å². The van der Waals surface area contributed by atoms with E-state index in [1.807, 2.05) is 12.1 Å². The number of nitrogens with zero attached hydrogens (tertiary/aromatic N) is 2. The zero-order valence-electron chi connectivity index (χ0n) is 15.0. The van der Waals surface area contributed by atoms with Crippen molar-refractivity contribution in [3.63, 3.8) is 0 Å². The number of aliphatic hydroxyl groups excluding tert-OH is 1. The molecule has 0 unspecified atom stereocenters. The Hall–Kier alpha value is -2.21. The van der Waals surface area contributed by atoms with Gasteiger partial charge in [0.1, 0.15) is 5.69 Å². The number of carbonyl (C=O) groups is 1. The SMILES string of the molecule is COc1c[c-]c(-c2cc(CS)ccn2)c(CO)c1.O=C(O)c1ccccn1.[Pt]. The van der Waals surface area contributed by atoms with E-state index in [0.29, 0.717) is 11.5 Å². The topological polar surface area (TPSA) is 92.5 Å². The molecule has 0 aliphatic rings. The smallest absolute Gasteiger partial charge is 0.354 e. The van der Waals surface area contributed by atoms with Gasteiger partial charge in [-0.25, -0.2) is 9.78 Å². The predicted octanol–water partition coefficient (Wildman–Crippen LogP) is 3.26.